The second-order valence-electron chi connectivity index (χ2n) is 9.46. The fourth-order valence-corrected chi connectivity index (χ4v) is 5.41. The van der Waals surface area contributed by atoms with E-state index < -0.39 is 17.8 Å². The van der Waals surface area contributed by atoms with Crippen molar-refractivity contribution < 1.29 is 19.1 Å². The van der Waals surface area contributed by atoms with Crippen LogP contribution in [0.1, 0.15) is 28.1 Å². The Hall–Kier alpha value is -3.95. The number of anilines is 1. The fraction of sp³-hybridized carbons (Fsp3) is 0.129. The average Bonchev–Trinajstić information content (AvgIpc) is 3.20. The lowest BCUT2D eigenvalue weighted by molar-refractivity contribution is -0.122. The van der Waals surface area contributed by atoms with Gasteiger partial charge in [0.1, 0.15) is 17.9 Å². The van der Waals surface area contributed by atoms with Crippen LogP contribution >= 0.6 is 31.9 Å². The summed E-state index contributed by atoms with van der Waals surface area (Å²) in [6.45, 7) is 6.13. The molecule has 2 heterocycles. The number of barbiturate groups is 1. The minimum atomic E-state index is -0.773. The van der Waals surface area contributed by atoms with Gasteiger partial charge in [-0.3, -0.25) is 14.9 Å². The van der Waals surface area contributed by atoms with Crippen LogP contribution in [-0.4, -0.2) is 22.4 Å². The number of carbonyl (C=O) groups excluding carboxylic acids is 3. The standard InChI is InChI=1S/C31H25Br2N3O4/c1-18-14-24(33)8-13-28(18)36-30(38)27(29(37)34-31(36)39)16-22-15-19(2)35(20(22)3)25-9-11-26(12-10-25)40-17-21-4-6-23(32)7-5-21/h4-16H,17H2,1-3H3,(H,34,37,39)/b27-16+. The SMILES string of the molecule is Cc1cc(Br)ccc1N1C(=O)NC(=O)/C(=C\c2cc(C)n(-c3ccc(OCc4ccc(Br)cc4)cc3)c2C)C1=O. The van der Waals surface area contributed by atoms with Crippen molar-refractivity contribution in [3.63, 3.8) is 0 Å². The summed E-state index contributed by atoms with van der Waals surface area (Å²) in [7, 11) is 0. The maximum atomic E-state index is 13.4. The topological polar surface area (TPSA) is 80.6 Å². The zero-order valence-electron chi connectivity index (χ0n) is 22.0. The van der Waals surface area contributed by atoms with E-state index in [4.69, 9.17) is 4.74 Å². The van der Waals surface area contributed by atoms with Gasteiger partial charge in [-0.25, -0.2) is 9.69 Å². The predicted molar refractivity (Wildman–Crippen MR) is 162 cm³/mol. The molecule has 0 unspecified atom stereocenters. The first-order valence-corrected chi connectivity index (χ1v) is 14.0. The van der Waals surface area contributed by atoms with Crippen LogP contribution in [-0.2, 0) is 16.2 Å². The maximum Gasteiger partial charge on any atom is 0.335 e. The maximum absolute atomic E-state index is 13.4. The number of ether oxygens (including phenoxy) is 1. The number of carbonyl (C=O) groups is 3. The van der Waals surface area contributed by atoms with Crippen LogP contribution < -0.4 is 15.0 Å². The van der Waals surface area contributed by atoms with Crippen molar-refractivity contribution in [1.29, 1.82) is 0 Å². The number of aryl methyl sites for hydroxylation is 2. The molecule has 1 N–H and O–H groups in total. The summed E-state index contributed by atoms with van der Waals surface area (Å²) in [6, 6.07) is 22.1. The lowest BCUT2D eigenvalue weighted by atomic mass is 10.1. The van der Waals surface area contributed by atoms with Gasteiger partial charge in [-0.2, -0.15) is 0 Å². The molecule has 1 fully saturated rings. The lowest BCUT2D eigenvalue weighted by Crippen LogP contribution is -2.54. The molecule has 1 aliphatic heterocycles. The Balaban J connectivity index is 1.40. The van der Waals surface area contributed by atoms with Crippen molar-refractivity contribution >= 4 is 61.5 Å². The third-order valence-electron chi connectivity index (χ3n) is 6.69. The highest BCUT2D eigenvalue weighted by Crippen LogP contribution is 2.29. The number of hydrogen-bond donors (Lipinski definition) is 1. The van der Waals surface area contributed by atoms with E-state index in [1.807, 2.05) is 73.0 Å². The Morgan fingerprint density at radius 3 is 2.20 bits per heavy atom. The molecular weight excluding hydrogens is 638 g/mol. The van der Waals surface area contributed by atoms with Gasteiger partial charge >= 0.3 is 6.03 Å². The van der Waals surface area contributed by atoms with E-state index in [0.29, 0.717) is 23.4 Å². The van der Waals surface area contributed by atoms with Crippen molar-refractivity contribution in [1.82, 2.24) is 9.88 Å². The Morgan fingerprint density at radius 1 is 0.850 bits per heavy atom. The van der Waals surface area contributed by atoms with Crippen molar-refractivity contribution in [3.05, 3.63) is 115 Å². The highest BCUT2D eigenvalue weighted by molar-refractivity contribution is 9.10. The first-order valence-electron chi connectivity index (χ1n) is 12.5. The normalized spacial score (nSPS) is 14.6. The van der Waals surface area contributed by atoms with Gasteiger partial charge < -0.3 is 9.30 Å². The summed E-state index contributed by atoms with van der Waals surface area (Å²) in [5.41, 5.74) is 5.47. The van der Waals surface area contributed by atoms with Crippen LogP contribution in [0.3, 0.4) is 0 Å². The van der Waals surface area contributed by atoms with Crippen molar-refractivity contribution in [3.8, 4) is 11.4 Å². The van der Waals surface area contributed by atoms with E-state index in [1.165, 1.54) is 0 Å². The minimum absolute atomic E-state index is 0.112. The molecule has 1 aliphatic rings. The number of amides is 4. The third-order valence-corrected chi connectivity index (χ3v) is 7.71. The summed E-state index contributed by atoms with van der Waals surface area (Å²) < 4.78 is 9.81. The smallest absolute Gasteiger partial charge is 0.335 e. The fourth-order valence-electron chi connectivity index (χ4n) is 4.67. The zero-order valence-corrected chi connectivity index (χ0v) is 25.2. The molecule has 0 atom stereocenters. The predicted octanol–water partition coefficient (Wildman–Crippen LogP) is 7.17. The van der Waals surface area contributed by atoms with Gasteiger partial charge in [-0.15, -0.1) is 0 Å². The van der Waals surface area contributed by atoms with Crippen molar-refractivity contribution in [2.75, 3.05) is 4.90 Å². The molecule has 7 nitrogen and oxygen atoms in total. The van der Waals surface area contributed by atoms with Crippen LogP contribution in [0.25, 0.3) is 11.8 Å². The summed E-state index contributed by atoms with van der Waals surface area (Å²) >= 11 is 6.83. The molecular formula is C31H25Br2N3O4. The molecule has 4 amide bonds. The van der Waals surface area contributed by atoms with Crippen molar-refractivity contribution in [2.45, 2.75) is 27.4 Å². The van der Waals surface area contributed by atoms with E-state index in [0.717, 1.165) is 42.2 Å². The van der Waals surface area contributed by atoms with Gasteiger partial charge in [0.2, 0.25) is 0 Å². The third kappa shape index (κ3) is 5.52. The summed E-state index contributed by atoms with van der Waals surface area (Å²) in [5, 5.41) is 2.30. The van der Waals surface area contributed by atoms with Crippen LogP contribution in [0.15, 0.2) is 87.3 Å². The number of rotatable bonds is 6. The number of nitrogens with one attached hydrogen (secondary N) is 1. The van der Waals surface area contributed by atoms with Crippen LogP contribution in [0.5, 0.6) is 5.75 Å². The second-order valence-corrected chi connectivity index (χ2v) is 11.3. The molecule has 202 valence electrons. The molecule has 40 heavy (non-hydrogen) atoms. The molecule has 1 saturated heterocycles. The zero-order chi connectivity index (χ0) is 28.6. The molecule has 4 aromatic rings. The second kappa shape index (κ2) is 11.3. The Kier molecular flexibility index (Phi) is 7.78. The lowest BCUT2D eigenvalue weighted by Gasteiger charge is -2.27. The average molecular weight is 663 g/mol. The highest BCUT2D eigenvalue weighted by Gasteiger charge is 2.37. The molecule has 3 aromatic carbocycles. The molecule has 9 heteroatoms. The molecule has 0 spiro atoms. The monoisotopic (exact) mass is 661 g/mol. The number of urea groups is 1. The molecule has 0 saturated carbocycles. The summed E-state index contributed by atoms with van der Waals surface area (Å²) in [6.07, 6.45) is 1.54. The quantitative estimate of drug-likeness (QED) is 0.175. The summed E-state index contributed by atoms with van der Waals surface area (Å²) in [5.74, 6) is -0.650. The van der Waals surface area contributed by atoms with Gasteiger partial charge in [0, 0.05) is 26.0 Å². The van der Waals surface area contributed by atoms with Crippen molar-refractivity contribution in [2.24, 2.45) is 0 Å². The van der Waals surface area contributed by atoms with E-state index in [9.17, 15) is 14.4 Å². The Labute approximate surface area is 248 Å². The van der Waals surface area contributed by atoms with Gasteiger partial charge in [-0.05, 0) is 104 Å². The van der Waals surface area contributed by atoms with Gasteiger partial charge in [0.05, 0.1) is 5.69 Å². The van der Waals surface area contributed by atoms with E-state index in [-0.39, 0.29) is 5.57 Å². The van der Waals surface area contributed by atoms with Crippen LogP contribution in [0.2, 0.25) is 0 Å². The van der Waals surface area contributed by atoms with Gasteiger partial charge in [0.25, 0.3) is 11.8 Å². The van der Waals surface area contributed by atoms with Gasteiger partial charge in [-0.1, -0.05) is 44.0 Å². The largest absolute Gasteiger partial charge is 0.489 e. The first-order chi connectivity index (χ1) is 19.1. The van der Waals surface area contributed by atoms with Crippen LogP contribution in [0.4, 0.5) is 10.5 Å². The van der Waals surface area contributed by atoms with E-state index in [2.05, 4.69) is 37.2 Å². The first kappa shape index (κ1) is 27.6. The Bertz CT molecular complexity index is 1670. The van der Waals surface area contributed by atoms with E-state index in [1.54, 1.807) is 31.2 Å². The number of halogens is 2. The Morgan fingerprint density at radius 2 is 1.52 bits per heavy atom. The van der Waals surface area contributed by atoms with Crippen LogP contribution in [0, 0.1) is 20.8 Å². The molecule has 0 radical (unpaired) electrons. The minimum Gasteiger partial charge on any atom is -0.489 e. The number of nitrogens with zero attached hydrogens (tertiary/aromatic N) is 2. The van der Waals surface area contributed by atoms with Gasteiger partial charge in [0.15, 0.2) is 0 Å². The number of imide groups is 2. The summed E-state index contributed by atoms with van der Waals surface area (Å²) in [4.78, 5) is 39.8. The number of aromatic nitrogens is 1. The molecule has 0 aliphatic carbocycles. The molecule has 1 aromatic heterocycles. The molecule has 5 rings (SSSR count). The number of hydrogen-bond acceptors (Lipinski definition) is 4. The molecule has 0 bridgehead atoms. The van der Waals surface area contributed by atoms with E-state index >= 15 is 0 Å². The number of benzene rings is 3. The highest BCUT2D eigenvalue weighted by atomic mass is 79.9.